The maximum atomic E-state index is 12.8. The zero-order valence-corrected chi connectivity index (χ0v) is 21.3. The van der Waals surface area contributed by atoms with Gasteiger partial charge >= 0.3 is 0 Å². The molecule has 0 saturated carbocycles. The third-order valence-electron chi connectivity index (χ3n) is 5.56. The predicted molar refractivity (Wildman–Crippen MR) is 139 cm³/mol. The number of anilines is 1. The van der Waals surface area contributed by atoms with Crippen molar-refractivity contribution < 1.29 is 4.79 Å². The molecule has 0 bridgehead atoms. The van der Waals surface area contributed by atoms with E-state index < -0.39 is 0 Å². The van der Waals surface area contributed by atoms with E-state index in [-0.39, 0.29) is 17.1 Å². The average Bonchev–Trinajstić information content (AvgIpc) is 3.16. The van der Waals surface area contributed by atoms with Crippen molar-refractivity contribution in [2.24, 2.45) is 0 Å². The fraction of sp³-hybridized carbons (Fsp3) is 0.370. The van der Waals surface area contributed by atoms with Crippen LogP contribution in [0.4, 0.5) is 5.69 Å². The first-order chi connectivity index (χ1) is 15.6. The van der Waals surface area contributed by atoms with E-state index in [1.54, 1.807) is 0 Å². The third kappa shape index (κ3) is 5.93. The van der Waals surface area contributed by atoms with Gasteiger partial charge in [0.2, 0.25) is 5.91 Å². The Morgan fingerprint density at radius 1 is 1.15 bits per heavy atom. The largest absolute Gasteiger partial charge is 0.325 e. The molecular formula is C27H34N4OS. The van der Waals surface area contributed by atoms with Crippen LogP contribution in [0.2, 0.25) is 0 Å². The second-order valence-electron chi connectivity index (χ2n) is 9.56. The highest BCUT2D eigenvalue weighted by molar-refractivity contribution is 7.99. The lowest BCUT2D eigenvalue weighted by atomic mass is 9.87. The molecule has 0 saturated heterocycles. The highest BCUT2D eigenvalue weighted by Gasteiger charge is 2.18. The summed E-state index contributed by atoms with van der Waals surface area (Å²) in [7, 11) is 0. The van der Waals surface area contributed by atoms with E-state index in [1.165, 1.54) is 17.3 Å². The Bertz CT molecular complexity index is 1120. The number of nitrogens with one attached hydrogen (secondary N) is 1. The van der Waals surface area contributed by atoms with Gasteiger partial charge in [0.15, 0.2) is 11.0 Å². The van der Waals surface area contributed by atoms with Gasteiger partial charge in [0.25, 0.3) is 0 Å². The molecule has 33 heavy (non-hydrogen) atoms. The number of carbonyl (C=O) groups is 1. The van der Waals surface area contributed by atoms with Gasteiger partial charge in [-0.1, -0.05) is 94.9 Å². The van der Waals surface area contributed by atoms with Gasteiger partial charge in [-0.05, 0) is 34.9 Å². The first kappa shape index (κ1) is 24.8. The maximum Gasteiger partial charge on any atom is 0.234 e. The lowest BCUT2D eigenvalue weighted by Gasteiger charge is -2.19. The minimum atomic E-state index is -0.0552. The van der Waals surface area contributed by atoms with Gasteiger partial charge in [0.1, 0.15) is 0 Å². The molecule has 0 atom stereocenters. The van der Waals surface area contributed by atoms with Crippen LogP contribution in [0.5, 0.6) is 0 Å². The molecule has 3 aromatic rings. The number of aryl methyl sites for hydroxylation is 1. The van der Waals surface area contributed by atoms with E-state index in [2.05, 4.69) is 87.0 Å². The highest BCUT2D eigenvalue weighted by Crippen LogP contribution is 2.29. The number of thioether (sulfide) groups is 1. The van der Waals surface area contributed by atoms with Crippen molar-refractivity contribution in [3.05, 3.63) is 71.8 Å². The van der Waals surface area contributed by atoms with Gasteiger partial charge in [0.05, 0.1) is 5.75 Å². The minimum absolute atomic E-state index is 0.0552. The van der Waals surface area contributed by atoms with Gasteiger partial charge in [-0.2, -0.15) is 0 Å². The average molecular weight is 463 g/mol. The van der Waals surface area contributed by atoms with E-state index in [9.17, 15) is 4.79 Å². The first-order valence-electron chi connectivity index (χ1n) is 11.3. The van der Waals surface area contributed by atoms with Gasteiger partial charge in [-0.15, -0.1) is 16.8 Å². The van der Waals surface area contributed by atoms with Crippen molar-refractivity contribution in [3.8, 4) is 11.4 Å². The molecule has 174 valence electrons. The Morgan fingerprint density at radius 3 is 2.45 bits per heavy atom. The van der Waals surface area contributed by atoms with Crippen molar-refractivity contribution >= 4 is 23.4 Å². The van der Waals surface area contributed by atoms with Gasteiger partial charge < -0.3 is 5.32 Å². The third-order valence-corrected chi connectivity index (χ3v) is 6.53. The molecule has 6 heteroatoms. The summed E-state index contributed by atoms with van der Waals surface area (Å²) in [5.74, 6) is 1.31. The van der Waals surface area contributed by atoms with Crippen molar-refractivity contribution in [2.75, 3.05) is 11.1 Å². The molecule has 0 aliphatic rings. The van der Waals surface area contributed by atoms with E-state index in [0.717, 1.165) is 28.2 Å². The van der Waals surface area contributed by atoms with Crippen LogP contribution in [-0.4, -0.2) is 26.4 Å². The lowest BCUT2D eigenvalue weighted by molar-refractivity contribution is -0.113. The van der Waals surface area contributed by atoms with Crippen LogP contribution in [-0.2, 0) is 16.8 Å². The normalized spacial score (nSPS) is 11.6. The molecule has 1 N–H and O–H groups in total. The van der Waals surface area contributed by atoms with E-state index in [1.807, 2.05) is 29.7 Å². The predicted octanol–water partition coefficient (Wildman–Crippen LogP) is 6.59. The summed E-state index contributed by atoms with van der Waals surface area (Å²) in [4.78, 5) is 12.8. The topological polar surface area (TPSA) is 59.8 Å². The Labute approximate surface area is 201 Å². The number of hydrogen-bond acceptors (Lipinski definition) is 4. The summed E-state index contributed by atoms with van der Waals surface area (Å²) in [6, 6.07) is 14.6. The molecule has 0 fully saturated rings. The molecule has 0 aliphatic heterocycles. The zero-order chi connectivity index (χ0) is 24.2. The summed E-state index contributed by atoms with van der Waals surface area (Å²) >= 11 is 1.39. The van der Waals surface area contributed by atoms with E-state index in [4.69, 9.17) is 0 Å². The van der Waals surface area contributed by atoms with Gasteiger partial charge in [-0.25, -0.2) is 0 Å². The van der Waals surface area contributed by atoms with Gasteiger partial charge in [0, 0.05) is 17.8 Å². The van der Waals surface area contributed by atoms with Crippen LogP contribution < -0.4 is 5.32 Å². The summed E-state index contributed by atoms with van der Waals surface area (Å²) in [5, 5.41) is 12.6. The van der Waals surface area contributed by atoms with Crippen LogP contribution >= 0.6 is 11.8 Å². The lowest BCUT2D eigenvalue weighted by Crippen LogP contribution is -2.17. The summed E-state index contributed by atoms with van der Waals surface area (Å²) in [6.45, 7) is 17.3. The van der Waals surface area contributed by atoms with Gasteiger partial charge in [-0.3, -0.25) is 9.36 Å². The number of nitrogens with zero attached hydrogens (tertiary/aromatic N) is 3. The van der Waals surface area contributed by atoms with E-state index >= 15 is 0 Å². The molecule has 1 aromatic heterocycles. The molecule has 1 amide bonds. The fourth-order valence-electron chi connectivity index (χ4n) is 3.67. The van der Waals surface area contributed by atoms with Crippen molar-refractivity contribution in [2.45, 2.75) is 64.6 Å². The van der Waals surface area contributed by atoms with Crippen molar-refractivity contribution in [1.29, 1.82) is 0 Å². The maximum absolute atomic E-state index is 12.8. The van der Waals surface area contributed by atoms with Crippen LogP contribution in [0.3, 0.4) is 0 Å². The van der Waals surface area contributed by atoms with Crippen molar-refractivity contribution in [1.82, 2.24) is 14.8 Å². The number of benzene rings is 2. The Balaban J connectivity index is 1.77. The number of rotatable bonds is 8. The van der Waals surface area contributed by atoms with Crippen LogP contribution in [0.15, 0.2) is 60.3 Å². The summed E-state index contributed by atoms with van der Waals surface area (Å²) in [6.07, 6.45) is 1.82. The summed E-state index contributed by atoms with van der Waals surface area (Å²) < 4.78 is 2.00. The number of allylic oxidation sites excluding steroid dienone is 1. The fourth-order valence-corrected chi connectivity index (χ4v) is 4.42. The molecule has 3 rings (SSSR count). The monoisotopic (exact) mass is 462 g/mol. The van der Waals surface area contributed by atoms with Crippen molar-refractivity contribution in [3.63, 3.8) is 0 Å². The first-order valence-corrected chi connectivity index (χ1v) is 12.3. The zero-order valence-electron chi connectivity index (χ0n) is 20.5. The SMILES string of the molecule is C=CCn1c(SCC(=O)Nc2c(C)cccc2C(C)C)nnc1-c1ccc(C(C)(C)C)cc1. The quantitative estimate of drug-likeness (QED) is 0.303. The molecular weight excluding hydrogens is 428 g/mol. The van der Waals surface area contributed by atoms with E-state index in [0.29, 0.717) is 17.6 Å². The molecule has 1 heterocycles. The molecule has 0 spiro atoms. The standard InChI is InChI=1S/C27H34N4OS/c1-8-16-31-25(20-12-14-21(15-13-20)27(5,6)7)29-30-26(31)33-17-23(32)28-24-19(4)10-9-11-22(24)18(2)3/h8-15,18H,1,16-17H2,2-7H3,(H,28,32). The molecule has 0 aliphatic carbocycles. The number of hydrogen-bond donors (Lipinski definition) is 1. The number of carbonyl (C=O) groups excluding carboxylic acids is 1. The Hall–Kier alpha value is -2.86. The molecule has 0 unspecified atom stereocenters. The second kappa shape index (κ2) is 10.4. The Kier molecular flexibility index (Phi) is 7.80. The number of amides is 1. The summed E-state index contributed by atoms with van der Waals surface area (Å²) in [5.41, 5.74) is 5.47. The smallest absolute Gasteiger partial charge is 0.234 e. The Morgan fingerprint density at radius 2 is 1.85 bits per heavy atom. The number of aromatic nitrogens is 3. The molecule has 0 radical (unpaired) electrons. The number of para-hydroxylation sites is 1. The second-order valence-corrected chi connectivity index (χ2v) is 10.5. The minimum Gasteiger partial charge on any atom is -0.325 e. The molecule has 2 aromatic carbocycles. The highest BCUT2D eigenvalue weighted by atomic mass is 32.2. The van der Waals surface area contributed by atoms with Crippen LogP contribution in [0, 0.1) is 6.92 Å². The van der Waals surface area contributed by atoms with Crippen LogP contribution in [0.25, 0.3) is 11.4 Å². The molecule has 5 nitrogen and oxygen atoms in total. The van der Waals surface area contributed by atoms with Crippen LogP contribution in [0.1, 0.15) is 57.2 Å².